The highest BCUT2D eigenvalue weighted by Crippen LogP contribution is 2.39. The summed E-state index contributed by atoms with van der Waals surface area (Å²) < 4.78 is 21.3. The SMILES string of the molecule is COc1ccc(Cl)c2sc(N(CCCn3ccnc3)C(=O)CSc3ccc(F)cc3)nc12. The van der Waals surface area contributed by atoms with E-state index in [9.17, 15) is 9.18 Å². The van der Waals surface area contributed by atoms with Crippen LogP contribution in [0.1, 0.15) is 6.42 Å². The molecule has 0 radical (unpaired) electrons. The van der Waals surface area contributed by atoms with Crippen molar-refractivity contribution < 1.29 is 13.9 Å². The molecule has 0 N–H and O–H groups in total. The van der Waals surface area contributed by atoms with E-state index < -0.39 is 0 Å². The number of aryl methyl sites for hydroxylation is 1. The predicted molar refractivity (Wildman–Crippen MR) is 128 cm³/mol. The number of amides is 1. The summed E-state index contributed by atoms with van der Waals surface area (Å²) in [6.45, 7) is 1.21. The molecule has 0 saturated heterocycles. The third-order valence-electron chi connectivity index (χ3n) is 4.73. The number of nitrogens with zero attached hydrogens (tertiary/aromatic N) is 4. The fourth-order valence-corrected chi connectivity index (χ4v) is 5.21. The molecular formula is C22H20ClFN4O2S2. The van der Waals surface area contributed by atoms with Crippen LogP contribution in [-0.4, -0.2) is 39.8 Å². The van der Waals surface area contributed by atoms with Crippen LogP contribution in [0.25, 0.3) is 10.2 Å². The van der Waals surface area contributed by atoms with Gasteiger partial charge in [-0.2, -0.15) is 0 Å². The lowest BCUT2D eigenvalue weighted by atomic mass is 10.3. The van der Waals surface area contributed by atoms with E-state index in [1.165, 1.54) is 35.2 Å². The number of thiazole rings is 1. The molecule has 0 saturated carbocycles. The molecule has 0 unspecified atom stereocenters. The number of anilines is 1. The van der Waals surface area contributed by atoms with Gasteiger partial charge in [-0.25, -0.2) is 14.4 Å². The molecule has 0 aliphatic heterocycles. The molecule has 6 nitrogen and oxygen atoms in total. The fourth-order valence-electron chi connectivity index (χ4n) is 3.13. The Hall–Kier alpha value is -2.62. The van der Waals surface area contributed by atoms with Crippen LogP contribution in [0.3, 0.4) is 0 Å². The second-order valence-electron chi connectivity index (χ2n) is 6.87. The fraction of sp³-hybridized carbons (Fsp3) is 0.227. The van der Waals surface area contributed by atoms with Gasteiger partial charge in [0, 0.05) is 30.4 Å². The number of imidazole rings is 1. The first-order chi connectivity index (χ1) is 15.5. The van der Waals surface area contributed by atoms with Gasteiger partial charge in [-0.1, -0.05) is 22.9 Å². The summed E-state index contributed by atoms with van der Waals surface area (Å²) in [5.41, 5.74) is 0.638. The number of fused-ring (bicyclic) bond motifs is 1. The standard InChI is InChI=1S/C22H20ClFN4O2S2/c1-30-18-8-7-17(23)21-20(18)26-22(32-21)28(11-2-10-27-12-9-25-14-27)19(29)13-31-16-5-3-15(24)4-6-16/h3-9,12,14H,2,10-11,13H2,1H3. The largest absolute Gasteiger partial charge is 0.494 e. The van der Waals surface area contributed by atoms with Crippen molar-refractivity contribution in [2.75, 3.05) is 24.3 Å². The van der Waals surface area contributed by atoms with Crippen LogP contribution < -0.4 is 9.64 Å². The molecule has 0 bridgehead atoms. The zero-order valence-electron chi connectivity index (χ0n) is 17.2. The molecule has 32 heavy (non-hydrogen) atoms. The number of halogens is 2. The van der Waals surface area contributed by atoms with Crippen LogP contribution in [0.5, 0.6) is 5.75 Å². The second-order valence-corrected chi connectivity index (χ2v) is 9.30. The highest BCUT2D eigenvalue weighted by atomic mass is 35.5. The Morgan fingerprint density at radius 1 is 1.28 bits per heavy atom. The second kappa shape index (κ2) is 10.3. The van der Waals surface area contributed by atoms with E-state index in [4.69, 9.17) is 16.3 Å². The van der Waals surface area contributed by atoms with Crippen molar-refractivity contribution >= 4 is 56.0 Å². The normalized spacial score (nSPS) is 11.1. The van der Waals surface area contributed by atoms with E-state index in [1.807, 2.05) is 10.8 Å². The molecule has 4 aromatic rings. The van der Waals surface area contributed by atoms with E-state index >= 15 is 0 Å². The number of hydrogen-bond donors (Lipinski definition) is 0. The van der Waals surface area contributed by atoms with Crippen molar-refractivity contribution in [1.29, 1.82) is 0 Å². The molecule has 0 spiro atoms. The molecule has 4 rings (SSSR count). The lowest BCUT2D eigenvalue weighted by Crippen LogP contribution is -2.33. The van der Waals surface area contributed by atoms with Gasteiger partial charge in [0.1, 0.15) is 17.1 Å². The van der Waals surface area contributed by atoms with Crippen molar-refractivity contribution in [2.24, 2.45) is 0 Å². The Bertz CT molecular complexity index is 1200. The Balaban J connectivity index is 1.56. The first-order valence-electron chi connectivity index (χ1n) is 9.82. The molecule has 0 aliphatic rings. The van der Waals surface area contributed by atoms with Gasteiger partial charge in [-0.05, 0) is 42.8 Å². The van der Waals surface area contributed by atoms with Gasteiger partial charge in [-0.15, -0.1) is 11.8 Å². The van der Waals surface area contributed by atoms with Gasteiger partial charge in [0.2, 0.25) is 5.91 Å². The maximum Gasteiger partial charge on any atom is 0.239 e. The number of hydrogen-bond acceptors (Lipinski definition) is 6. The van der Waals surface area contributed by atoms with E-state index in [2.05, 4.69) is 9.97 Å². The van der Waals surface area contributed by atoms with E-state index in [0.29, 0.717) is 28.0 Å². The van der Waals surface area contributed by atoms with Gasteiger partial charge in [-0.3, -0.25) is 9.69 Å². The maximum absolute atomic E-state index is 13.2. The molecule has 166 valence electrons. The van der Waals surface area contributed by atoms with Gasteiger partial charge in [0.15, 0.2) is 5.13 Å². The third-order valence-corrected chi connectivity index (χ3v) is 7.27. The Morgan fingerprint density at radius 2 is 2.09 bits per heavy atom. The van der Waals surface area contributed by atoms with E-state index in [0.717, 1.165) is 22.6 Å². The van der Waals surface area contributed by atoms with Crippen molar-refractivity contribution in [3.8, 4) is 5.75 Å². The first kappa shape index (κ1) is 22.6. The average molecular weight is 491 g/mol. The zero-order chi connectivity index (χ0) is 22.5. The minimum atomic E-state index is -0.304. The molecule has 2 heterocycles. The summed E-state index contributed by atoms with van der Waals surface area (Å²) in [6.07, 6.45) is 6.09. The molecule has 0 fully saturated rings. The summed E-state index contributed by atoms with van der Waals surface area (Å²) in [4.78, 5) is 24.5. The number of aromatic nitrogens is 3. The summed E-state index contributed by atoms with van der Waals surface area (Å²) >= 11 is 9.10. The number of carbonyl (C=O) groups is 1. The minimum absolute atomic E-state index is 0.0842. The molecule has 2 aromatic heterocycles. The zero-order valence-corrected chi connectivity index (χ0v) is 19.6. The Labute approximate surface area is 198 Å². The number of methoxy groups -OCH3 is 1. The van der Waals surface area contributed by atoms with Crippen LogP contribution in [0, 0.1) is 5.82 Å². The molecule has 10 heteroatoms. The lowest BCUT2D eigenvalue weighted by Gasteiger charge is -2.20. The topological polar surface area (TPSA) is 60.2 Å². The van der Waals surface area contributed by atoms with Gasteiger partial charge in [0.05, 0.1) is 28.9 Å². The Morgan fingerprint density at radius 3 is 2.81 bits per heavy atom. The molecule has 0 aliphatic carbocycles. The van der Waals surface area contributed by atoms with Crippen LogP contribution >= 0.6 is 34.7 Å². The van der Waals surface area contributed by atoms with E-state index in [1.54, 1.807) is 48.8 Å². The number of carbonyl (C=O) groups excluding carboxylic acids is 1. The number of thioether (sulfide) groups is 1. The van der Waals surface area contributed by atoms with Crippen molar-refractivity contribution in [3.05, 3.63) is 66.0 Å². The monoisotopic (exact) mass is 490 g/mol. The third kappa shape index (κ3) is 5.23. The highest BCUT2D eigenvalue weighted by molar-refractivity contribution is 8.00. The molecule has 0 atom stereocenters. The molecule has 1 amide bonds. The summed E-state index contributed by atoms with van der Waals surface area (Å²) in [7, 11) is 1.58. The van der Waals surface area contributed by atoms with Crippen molar-refractivity contribution in [1.82, 2.24) is 14.5 Å². The van der Waals surface area contributed by atoms with Gasteiger partial charge < -0.3 is 9.30 Å². The van der Waals surface area contributed by atoms with Crippen molar-refractivity contribution in [2.45, 2.75) is 17.9 Å². The van der Waals surface area contributed by atoms with Crippen LogP contribution in [0.15, 0.2) is 60.0 Å². The van der Waals surface area contributed by atoms with Gasteiger partial charge in [0.25, 0.3) is 0 Å². The van der Waals surface area contributed by atoms with Crippen molar-refractivity contribution in [3.63, 3.8) is 0 Å². The van der Waals surface area contributed by atoms with Crippen LogP contribution in [-0.2, 0) is 11.3 Å². The highest BCUT2D eigenvalue weighted by Gasteiger charge is 2.22. The smallest absolute Gasteiger partial charge is 0.239 e. The maximum atomic E-state index is 13.2. The van der Waals surface area contributed by atoms with Crippen LogP contribution in [0.2, 0.25) is 5.02 Å². The number of rotatable bonds is 9. The minimum Gasteiger partial charge on any atom is -0.494 e. The van der Waals surface area contributed by atoms with E-state index in [-0.39, 0.29) is 17.5 Å². The lowest BCUT2D eigenvalue weighted by molar-refractivity contribution is -0.116. The quantitative estimate of drug-likeness (QED) is 0.289. The van der Waals surface area contributed by atoms with Crippen LogP contribution in [0.4, 0.5) is 9.52 Å². The number of ether oxygens (including phenoxy) is 1. The summed E-state index contributed by atoms with van der Waals surface area (Å²) in [5.74, 6) is 0.428. The summed E-state index contributed by atoms with van der Waals surface area (Å²) in [5, 5.41) is 1.14. The molecular weight excluding hydrogens is 471 g/mol. The average Bonchev–Trinajstić information content (AvgIpc) is 3.47. The number of benzene rings is 2. The predicted octanol–water partition coefficient (Wildman–Crippen LogP) is 5.51. The van der Waals surface area contributed by atoms with Gasteiger partial charge >= 0.3 is 0 Å². The first-order valence-corrected chi connectivity index (χ1v) is 12.0. The Kier molecular flexibility index (Phi) is 7.29. The molecule has 2 aromatic carbocycles. The summed E-state index contributed by atoms with van der Waals surface area (Å²) in [6, 6.07) is 9.64.